The van der Waals surface area contributed by atoms with Gasteiger partial charge in [-0.1, -0.05) is 22.0 Å². The van der Waals surface area contributed by atoms with Crippen LogP contribution in [0, 0.1) is 20.8 Å². The van der Waals surface area contributed by atoms with E-state index < -0.39 is 0 Å². The van der Waals surface area contributed by atoms with Gasteiger partial charge in [0.2, 0.25) is 0 Å². The molecule has 0 saturated heterocycles. The zero-order valence-electron chi connectivity index (χ0n) is 11.0. The van der Waals surface area contributed by atoms with E-state index in [-0.39, 0.29) is 0 Å². The normalized spacial score (nSPS) is 9.56. The van der Waals surface area contributed by atoms with Crippen LogP contribution in [0.2, 0.25) is 0 Å². The molecule has 0 fully saturated rings. The fraction of sp³-hybridized carbons (Fsp3) is 0.200. The van der Waals surface area contributed by atoms with Crippen LogP contribution in [0.25, 0.3) is 0 Å². The van der Waals surface area contributed by atoms with Gasteiger partial charge in [-0.15, -0.1) is 0 Å². The van der Waals surface area contributed by atoms with Crippen LogP contribution in [0.4, 0.5) is 11.4 Å². The first-order valence-electron chi connectivity index (χ1n) is 5.74. The molecule has 3 heteroatoms. The van der Waals surface area contributed by atoms with Crippen LogP contribution in [0.3, 0.4) is 0 Å². The molecule has 0 heterocycles. The summed E-state index contributed by atoms with van der Waals surface area (Å²) in [6.45, 7) is 6.15. The summed E-state index contributed by atoms with van der Waals surface area (Å²) in [6.07, 6.45) is 0. The van der Waals surface area contributed by atoms with E-state index >= 15 is 0 Å². The van der Waals surface area contributed by atoms with Crippen molar-refractivity contribution in [3.8, 4) is 0 Å². The van der Waals surface area contributed by atoms with Crippen molar-refractivity contribution in [3.63, 3.8) is 0 Å². The van der Waals surface area contributed by atoms with E-state index in [0.717, 1.165) is 15.8 Å². The minimum absolute atomic E-state index is 0.815. The molecule has 0 saturated carbocycles. The number of hydrogen-bond acceptors (Lipinski definition) is 2. The first-order chi connectivity index (χ1) is 8.40. The summed E-state index contributed by atoms with van der Waals surface area (Å²) >= 11 is 3.37. The topological polar surface area (TPSA) is 52.0 Å². The summed E-state index contributed by atoms with van der Waals surface area (Å²) < 4.78 is 1.11. The fourth-order valence-electron chi connectivity index (χ4n) is 1.43. The molecule has 4 N–H and O–H groups in total. The van der Waals surface area contributed by atoms with Crippen molar-refractivity contribution < 1.29 is 0 Å². The highest BCUT2D eigenvalue weighted by atomic mass is 79.9. The van der Waals surface area contributed by atoms with Gasteiger partial charge in [0.15, 0.2) is 0 Å². The molecule has 0 aliphatic rings. The Labute approximate surface area is 117 Å². The summed E-state index contributed by atoms with van der Waals surface area (Å²) in [6, 6.07) is 11.7. The Balaban J connectivity index is 0.000000180. The Hall–Kier alpha value is -1.48. The second kappa shape index (κ2) is 6.45. The highest BCUT2D eigenvalue weighted by Gasteiger charge is 1.91. The predicted octanol–water partition coefficient (Wildman–Crippen LogP) is 4.23. The lowest BCUT2D eigenvalue weighted by Gasteiger charge is -1.98. The molecule has 0 spiro atoms. The zero-order valence-corrected chi connectivity index (χ0v) is 12.6. The molecule has 0 aromatic heterocycles. The maximum atomic E-state index is 5.53. The van der Waals surface area contributed by atoms with Crippen LogP contribution in [0.5, 0.6) is 0 Å². The van der Waals surface area contributed by atoms with E-state index in [1.807, 2.05) is 43.3 Å². The molecule has 0 aliphatic carbocycles. The molecule has 2 rings (SSSR count). The van der Waals surface area contributed by atoms with Crippen LogP contribution < -0.4 is 11.5 Å². The van der Waals surface area contributed by atoms with Crippen molar-refractivity contribution in [3.05, 3.63) is 57.6 Å². The molecular weight excluding hydrogens is 288 g/mol. The lowest BCUT2D eigenvalue weighted by molar-refractivity contribution is 1.34. The van der Waals surface area contributed by atoms with E-state index in [4.69, 9.17) is 11.5 Å². The van der Waals surface area contributed by atoms with Crippen molar-refractivity contribution in [2.24, 2.45) is 0 Å². The van der Waals surface area contributed by atoms with Crippen molar-refractivity contribution in [2.45, 2.75) is 20.8 Å². The van der Waals surface area contributed by atoms with E-state index in [1.165, 1.54) is 16.7 Å². The monoisotopic (exact) mass is 306 g/mol. The number of nitrogen functional groups attached to an aromatic ring is 2. The molecule has 0 radical (unpaired) electrons. The number of hydrogen-bond donors (Lipinski definition) is 2. The first-order valence-corrected chi connectivity index (χ1v) is 6.54. The zero-order chi connectivity index (χ0) is 13.7. The Kier molecular flexibility index (Phi) is 5.23. The third kappa shape index (κ3) is 4.41. The van der Waals surface area contributed by atoms with Crippen LogP contribution in [0.1, 0.15) is 16.7 Å². The standard InChI is InChI=1S/C8H11N.C7H8BrN/c1-6-3-4-8(9)5-7(6)2;1-5-4-6(9)2-3-7(5)8/h3-5H,9H2,1-2H3;2-4H,9H2,1H3. The Morgan fingerprint density at radius 1 is 0.722 bits per heavy atom. The molecule has 0 atom stereocenters. The van der Waals surface area contributed by atoms with Gasteiger partial charge < -0.3 is 11.5 Å². The Morgan fingerprint density at radius 3 is 1.61 bits per heavy atom. The van der Waals surface area contributed by atoms with Crippen LogP contribution in [-0.2, 0) is 0 Å². The summed E-state index contributed by atoms with van der Waals surface area (Å²) in [5.41, 5.74) is 16.4. The van der Waals surface area contributed by atoms with Gasteiger partial charge >= 0.3 is 0 Å². The number of nitrogens with two attached hydrogens (primary N) is 2. The van der Waals surface area contributed by atoms with Gasteiger partial charge in [0.1, 0.15) is 0 Å². The number of rotatable bonds is 0. The third-order valence-electron chi connectivity index (χ3n) is 2.71. The van der Waals surface area contributed by atoms with Gasteiger partial charge in [-0.2, -0.15) is 0 Å². The fourth-order valence-corrected chi connectivity index (χ4v) is 1.68. The van der Waals surface area contributed by atoms with Gasteiger partial charge in [0.05, 0.1) is 0 Å². The summed E-state index contributed by atoms with van der Waals surface area (Å²) in [7, 11) is 0. The van der Waals surface area contributed by atoms with Crippen molar-refractivity contribution in [1.82, 2.24) is 0 Å². The predicted molar refractivity (Wildman–Crippen MR) is 83.6 cm³/mol. The number of benzene rings is 2. The highest BCUT2D eigenvalue weighted by molar-refractivity contribution is 9.10. The van der Waals surface area contributed by atoms with Gasteiger partial charge in [-0.05, 0) is 67.8 Å². The molecule has 0 bridgehead atoms. The summed E-state index contributed by atoms with van der Waals surface area (Å²) in [5.74, 6) is 0. The quantitative estimate of drug-likeness (QED) is 0.716. The minimum atomic E-state index is 0.815. The van der Waals surface area contributed by atoms with E-state index in [9.17, 15) is 0 Å². The van der Waals surface area contributed by atoms with Crippen molar-refractivity contribution >= 4 is 27.3 Å². The molecule has 2 aromatic rings. The van der Waals surface area contributed by atoms with Gasteiger partial charge in [-0.3, -0.25) is 0 Å². The van der Waals surface area contributed by atoms with Gasteiger partial charge in [0.25, 0.3) is 0 Å². The van der Waals surface area contributed by atoms with Gasteiger partial charge in [-0.25, -0.2) is 0 Å². The third-order valence-corrected chi connectivity index (χ3v) is 3.60. The maximum absolute atomic E-state index is 5.53. The number of halogens is 1. The lowest BCUT2D eigenvalue weighted by atomic mass is 10.1. The average molecular weight is 307 g/mol. The molecule has 0 unspecified atom stereocenters. The molecular formula is C15H19BrN2. The van der Waals surface area contributed by atoms with E-state index in [2.05, 4.69) is 29.8 Å². The van der Waals surface area contributed by atoms with E-state index in [0.29, 0.717) is 0 Å². The molecule has 2 aromatic carbocycles. The number of anilines is 2. The van der Waals surface area contributed by atoms with Crippen molar-refractivity contribution in [1.29, 1.82) is 0 Å². The second-order valence-electron chi connectivity index (χ2n) is 4.35. The number of aryl methyl sites for hydroxylation is 3. The Bertz CT molecular complexity index is 487. The molecule has 0 amide bonds. The SMILES string of the molecule is Cc1cc(N)ccc1Br.Cc1ccc(N)cc1C. The van der Waals surface area contributed by atoms with Crippen LogP contribution in [-0.4, -0.2) is 0 Å². The summed E-state index contributed by atoms with van der Waals surface area (Å²) in [5, 5.41) is 0. The first kappa shape index (κ1) is 14.6. The maximum Gasteiger partial charge on any atom is 0.0317 e. The van der Waals surface area contributed by atoms with Gasteiger partial charge in [0, 0.05) is 15.8 Å². The molecule has 18 heavy (non-hydrogen) atoms. The average Bonchev–Trinajstić information content (AvgIpc) is 2.30. The molecule has 96 valence electrons. The molecule has 0 aliphatic heterocycles. The lowest BCUT2D eigenvalue weighted by Crippen LogP contribution is -1.86. The van der Waals surface area contributed by atoms with Crippen molar-refractivity contribution in [2.75, 3.05) is 11.5 Å². The smallest absolute Gasteiger partial charge is 0.0317 e. The van der Waals surface area contributed by atoms with Crippen LogP contribution >= 0.6 is 15.9 Å². The largest absolute Gasteiger partial charge is 0.399 e. The highest BCUT2D eigenvalue weighted by Crippen LogP contribution is 2.17. The molecule has 2 nitrogen and oxygen atoms in total. The van der Waals surface area contributed by atoms with E-state index in [1.54, 1.807) is 0 Å². The second-order valence-corrected chi connectivity index (χ2v) is 5.21. The minimum Gasteiger partial charge on any atom is -0.399 e. The summed E-state index contributed by atoms with van der Waals surface area (Å²) in [4.78, 5) is 0. The Morgan fingerprint density at radius 2 is 1.22 bits per heavy atom. The van der Waals surface area contributed by atoms with Crippen LogP contribution in [0.15, 0.2) is 40.9 Å².